The summed E-state index contributed by atoms with van der Waals surface area (Å²) in [4.78, 5) is 28.6. The predicted octanol–water partition coefficient (Wildman–Crippen LogP) is 4.92. The molecule has 0 bridgehead atoms. The summed E-state index contributed by atoms with van der Waals surface area (Å²) in [7, 11) is 0. The molecule has 0 aliphatic heterocycles. The molecule has 0 amide bonds. The molecule has 29 heavy (non-hydrogen) atoms. The van der Waals surface area contributed by atoms with Crippen LogP contribution in [0.3, 0.4) is 0 Å². The Labute approximate surface area is 170 Å². The minimum Gasteiger partial charge on any atom is -0.422 e. The Morgan fingerprint density at radius 2 is 1.59 bits per heavy atom. The smallest absolute Gasteiger partial charge is 0.349 e. The van der Waals surface area contributed by atoms with Crippen LogP contribution in [0, 0.1) is 0 Å². The zero-order chi connectivity index (χ0) is 21.6. The Morgan fingerprint density at radius 1 is 0.966 bits per heavy atom. The number of H-pyrrole nitrogens is 1. The molecule has 0 fully saturated rings. The summed E-state index contributed by atoms with van der Waals surface area (Å²) in [5.41, 5.74) is 8.53. The highest BCUT2D eigenvalue weighted by Crippen LogP contribution is 2.39. The third kappa shape index (κ3) is 4.04. The molecule has 0 aliphatic rings. The highest BCUT2D eigenvalue weighted by Gasteiger charge is 2.27. The number of pyridine rings is 1. The van der Waals surface area contributed by atoms with Gasteiger partial charge >= 0.3 is 5.97 Å². The lowest BCUT2D eigenvalue weighted by molar-refractivity contribution is 0.0730. The zero-order valence-corrected chi connectivity index (χ0v) is 17.8. The maximum absolute atomic E-state index is 12.9. The molecule has 3 aromatic rings. The number of para-hydroxylation sites is 1. The topological polar surface area (TPSA) is 85.2 Å². The van der Waals surface area contributed by atoms with Gasteiger partial charge in [-0.25, -0.2) is 4.79 Å². The number of hydrogen-bond acceptors (Lipinski definition) is 4. The average Bonchev–Trinajstić information content (AvgIpc) is 2.60. The van der Waals surface area contributed by atoms with Crippen molar-refractivity contribution in [3.05, 3.63) is 69.5 Å². The number of carbonyl (C=O) groups is 1. The molecule has 2 aromatic carbocycles. The van der Waals surface area contributed by atoms with Gasteiger partial charge in [-0.1, -0.05) is 53.7 Å². The maximum Gasteiger partial charge on any atom is 0.349 e. The quantitative estimate of drug-likeness (QED) is 0.368. The van der Waals surface area contributed by atoms with Crippen LogP contribution in [-0.4, -0.2) is 11.0 Å². The number of rotatable bonds is 2. The van der Waals surface area contributed by atoms with Crippen LogP contribution in [0.1, 0.15) is 63.0 Å². The highest BCUT2D eigenvalue weighted by molar-refractivity contribution is 5.94. The Bertz CT molecular complexity index is 1150. The van der Waals surface area contributed by atoms with Gasteiger partial charge in [0.05, 0.1) is 0 Å². The van der Waals surface area contributed by atoms with E-state index >= 15 is 0 Å². The van der Waals surface area contributed by atoms with E-state index in [1.807, 2.05) is 32.9 Å². The number of aromatic nitrogens is 1. The normalized spacial score (nSPS) is 12.2. The van der Waals surface area contributed by atoms with Gasteiger partial charge in [-0.15, -0.1) is 0 Å². The van der Waals surface area contributed by atoms with Crippen molar-refractivity contribution in [3.63, 3.8) is 0 Å². The fourth-order valence-corrected chi connectivity index (χ4v) is 3.39. The molecular weight excluding hydrogens is 364 g/mol. The van der Waals surface area contributed by atoms with E-state index in [2.05, 4.69) is 25.8 Å². The Morgan fingerprint density at radius 3 is 2.21 bits per heavy atom. The van der Waals surface area contributed by atoms with Crippen LogP contribution in [0.15, 0.2) is 47.4 Å². The molecule has 3 rings (SSSR count). The number of nitrogen functional groups attached to an aromatic ring is 1. The van der Waals surface area contributed by atoms with E-state index < -0.39 is 5.97 Å². The number of anilines is 1. The lowest BCUT2D eigenvalue weighted by Gasteiger charge is -2.28. The van der Waals surface area contributed by atoms with E-state index in [-0.39, 0.29) is 21.8 Å². The third-order valence-corrected chi connectivity index (χ3v) is 4.98. The molecule has 0 unspecified atom stereocenters. The summed E-state index contributed by atoms with van der Waals surface area (Å²) >= 11 is 0. The number of aromatic amines is 1. The summed E-state index contributed by atoms with van der Waals surface area (Å²) in [6.07, 6.45) is 1.40. The summed E-state index contributed by atoms with van der Waals surface area (Å²) in [6.45, 7) is 12.4. The van der Waals surface area contributed by atoms with Gasteiger partial charge in [-0.05, 0) is 34.6 Å². The molecule has 0 aliphatic carbocycles. The van der Waals surface area contributed by atoms with Crippen LogP contribution < -0.4 is 15.9 Å². The molecule has 0 radical (unpaired) electrons. The number of benzene rings is 2. The van der Waals surface area contributed by atoms with Crippen molar-refractivity contribution in [2.45, 2.75) is 52.4 Å². The summed E-state index contributed by atoms with van der Waals surface area (Å²) < 4.78 is 5.70. The summed E-state index contributed by atoms with van der Waals surface area (Å²) in [5, 5.41) is 0.445. The van der Waals surface area contributed by atoms with E-state index in [0.29, 0.717) is 22.3 Å². The van der Waals surface area contributed by atoms with Crippen molar-refractivity contribution in [2.75, 3.05) is 5.73 Å². The zero-order valence-electron chi connectivity index (χ0n) is 17.8. The second kappa shape index (κ2) is 7.07. The minimum absolute atomic E-state index is 0.0398. The van der Waals surface area contributed by atoms with Crippen molar-refractivity contribution >= 4 is 22.6 Å². The van der Waals surface area contributed by atoms with Gasteiger partial charge in [0.2, 0.25) is 5.43 Å². The maximum atomic E-state index is 12.9. The van der Waals surface area contributed by atoms with Gasteiger partial charge in [-0.3, -0.25) is 4.79 Å². The van der Waals surface area contributed by atoms with Crippen molar-refractivity contribution in [1.29, 1.82) is 0 Å². The van der Waals surface area contributed by atoms with Crippen LogP contribution in [0.4, 0.5) is 5.69 Å². The predicted molar refractivity (Wildman–Crippen MR) is 118 cm³/mol. The van der Waals surface area contributed by atoms with E-state index in [4.69, 9.17) is 10.5 Å². The van der Waals surface area contributed by atoms with E-state index in [9.17, 15) is 9.59 Å². The molecule has 1 heterocycles. The van der Waals surface area contributed by atoms with E-state index in [1.165, 1.54) is 6.20 Å². The second-order valence-corrected chi connectivity index (χ2v) is 9.40. The lowest BCUT2D eigenvalue weighted by atomic mass is 9.79. The SMILES string of the molecule is CC(C)(C)c1cc(C(C)(C)C)c(OC(=O)c2c[nH]c3ccccc3c2=O)cc1N. The Kier molecular flexibility index (Phi) is 5.03. The standard InChI is InChI=1S/C24H28N2O3/c1-23(2,3)16-11-17(24(4,5)6)20(12-18(16)25)29-22(28)15-13-26-19-10-8-7-9-14(19)21(15)27/h7-13H,25H2,1-6H3,(H,26,27). The first-order valence-electron chi connectivity index (χ1n) is 9.66. The molecule has 0 spiro atoms. The Hall–Kier alpha value is -3.08. The van der Waals surface area contributed by atoms with Gasteiger partial charge in [0.1, 0.15) is 11.3 Å². The highest BCUT2D eigenvalue weighted by atomic mass is 16.5. The number of nitrogens with one attached hydrogen (secondary N) is 1. The number of carbonyl (C=O) groups excluding carboxylic acids is 1. The molecule has 5 nitrogen and oxygen atoms in total. The molecule has 3 N–H and O–H groups in total. The largest absolute Gasteiger partial charge is 0.422 e. The van der Waals surface area contributed by atoms with Gasteiger partial charge in [0.15, 0.2) is 0 Å². The number of ether oxygens (including phenoxy) is 1. The van der Waals surface area contributed by atoms with Crippen LogP contribution in [0.5, 0.6) is 5.75 Å². The fraction of sp³-hybridized carbons (Fsp3) is 0.333. The van der Waals surface area contributed by atoms with Gasteiger partial charge < -0.3 is 15.5 Å². The van der Waals surface area contributed by atoms with E-state index in [0.717, 1.165) is 11.1 Å². The van der Waals surface area contributed by atoms with Crippen LogP contribution in [0.25, 0.3) is 10.9 Å². The van der Waals surface area contributed by atoms with Crippen LogP contribution in [-0.2, 0) is 10.8 Å². The Balaban J connectivity index is 2.08. The number of fused-ring (bicyclic) bond motifs is 1. The van der Waals surface area contributed by atoms with Gasteiger partial charge in [0.25, 0.3) is 0 Å². The average molecular weight is 392 g/mol. The van der Waals surface area contributed by atoms with E-state index in [1.54, 1.807) is 24.3 Å². The third-order valence-electron chi connectivity index (χ3n) is 4.98. The molecule has 0 saturated heterocycles. The lowest BCUT2D eigenvalue weighted by Crippen LogP contribution is -2.23. The first-order valence-corrected chi connectivity index (χ1v) is 9.66. The van der Waals surface area contributed by atoms with Gasteiger partial charge in [-0.2, -0.15) is 0 Å². The van der Waals surface area contributed by atoms with Crippen molar-refractivity contribution in [3.8, 4) is 5.75 Å². The molecule has 5 heteroatoms. The van der Waals surface area contributed by atoms with Crippen LogP contribution in [0.2, 0.25) is 0 Å². The van der Waals surface area contributed by atoms with Crippen molar-refractivity contribution in [2.24, 2.45) is 0 Å². The molecule has 1 aromatic heterocycles. The first-order chi connectivity index (χ1) is 13.4. The van der Waals surface area contributed by atoms with Gasteiger partial charge in [0, 0.05) is 34.4 Å². The number of hydrogen-bond donors (Lipinski definition) is 2. The van der Waals surface area contributed by atoms with Crippen LogP contribution >= 0.6 is 0 Å². The molecule has 152 valence electrons. The monoisotopic (exact) mass is 392 g/mol. The summed E-state index contributed by atoms with van der Waals surface area (Å²) in [6, 6.07) is 10.7. The minimum atomic E-state index is -0.703. The number of nitrogens with two attached hydrogens (primary N) is 1. The first kappa shape index (κ1) is 20.6. The second-order valence-electron chi connectivity index (χ2n) is 9.40. The summed E-state index contributed by atoms with van der Waals surface area (Å²) in [5.74, 6) is -0.328. The molecule has 0 atom stereocenters. The molecular formula is C24H28N2O3. The molecule has 0 saturated carbocycles. The number of esters is 1. The van der Waals surface area contributed by atoms with Crippen molar-refractivity contribution < 1.29 is 9.53 Å². The van der Waals surface area contributed by atoms with Crippen molar-refractivity contribution in [1.82, 2.24) is 4.98 Å². The fourth-order valence-electron chi connectivity index (χ4n) is 3.39.